The van der Waals surface area contributed by atoms with Gasteiger partial charge in [-0.1, -0.05) is 31.2 Å². The molecule has 2 rings (SSSR count). The van der Waals surface area contributed by atoms with E-state index in [-0.39, 0.29) is 5.78 Å². The first kappa shape index (κ1) is 10.3. The van der Waals surface area contributed by atoms with Gasteiger partial charge in [0.05, 0.1) is 5.92 Å². The number of hydrogen-bond donors (Lipinski definition) is 2. The zero-order valence-corrected chi connectivity index (χ0v) is 8.73. The van der Waals surface area contributed by atoms with Crippen molar-refractivity contribution >= 4 is 5.78 Å². The number of rotatable bonds is 2. The number of nitrogens with two attached hydrogens (primary N) is 1. The van der Waals surface area contributed by atoms with Crippen LogP contribution in [0, 0.1) is 5.92 Å². The number of hydrogen-bond acceptors (Lipinski definition) is 3. The average Bonchev–Trinajstić information content (AvgIpc) is 2.51. The van der Waals surface area contributed by atoms with Crippen LogP contribution in [0.3, 0.4) is 0 Å². The van der Waals surface area contributed by atoms with Crippen molar-refractivity contribution in [3.05, 3.63) is 35.4 Å². The highest BCUT2D eigenvalue weighted by Crippen LogP contribution is 2.38. The lowest BCUT2D eigenvalue weighted by atomic mass is 9.91. The Bertz CT molecular complexity index is 398. The second-order valence-corrected chi connectivity index (χ2v) is 4.06. The molecule has 1 aromatic rings. The highest BCUT2D eigenvalue weighted by molar-refractivity contribution is 5.83. The largest absolute Gasteiger partial charge is 0.371 e. The standard InChI is InChI=1S/C12H15NO2/c1-2-11(14)10-7-8-5-3-4-6-9(8)12(10,13)15/h3-6,10,15H,2,7,13H2,1H3/t10-,12+/m1/s1. The van der Waals surface area contributed by atoms with Crippen molar-refractivity contribution in [1.82, 2.24) is 0 Å². The van der Waals surface area contributed by atoms with Gasteiger partial charge in [-0.15, -0.1) is 0 Å². The van der Waals surface area contributed by atoms with E-state index >= 15 is 0 Å². The normalized spacial score (nSPS) is 28.9. The molecule has 1 aliphatic rings. The Kier molecular flexibility index (Phi) is 2.37. The summed E-state index contributed by atoms with van der Waals surface area (Å²) in [7, 11) is 0. The monoisotopic (exact) mass is 205 g/mol. The van der Waals surface area contributed by atoms with Crippen LogP contribution in [-0.4, -0.2) is 10.9 Å². The van der Waals surface area contributed by atoms with E-state index in [0.29, 0.717) is 18.4 Å². The first-order valence-corrected chi connectivity index (χ1v) is 5.19. The van der Waals surface area contributed by atoms with Gasteiger partial charge in [-0.3, -0.25) is 10.5 Å². The Morgan fingerprint density at radius 2 is 2.27 bits per heavy atom. The first-order valence-electron chi connectivity index (χ1n) is 5.19. The molecular weight excluding hydrogens is 190 g/mol. The lowest BCUT2D eigenvalue weighted by molar-refractivity contribution is -0.131. The van der Waals surface area contributed by atoms with Crippen molar-refractivity contribution in [2.75, 3.05) is 0 Å². The summed E-state index contributed by atoms with van der Waals surface area (Å²) in [6.07, 6.45) is 0.966. The van der Waals surface area contributed by atoms with E-state index in [1.807, 2.05) is 18.2 Å². The number of aliphatic hydroxyl groups is 1. The third-order valence-corrected chi connectivity index (χ3v) is 3.14. The summed E-state index contributed by atoms with van der Waals surface area (Å²) in [6.45, 7) is 1.79. The molecule has 0 fully saturated rings. The van der Waals surface area contributed by atoms with Crippen LogP contribution in [0.15, 0.2) is 24.3 Å². The first-order chi connectivity index (χ1) is 7.07. The number of fused-ring (bicyclic) bond motifs is 1. The molecule has 0 aliphatic heterocycles. The van der Waals surface area contributed by atoms with Gasteiger partial charge in [-0.2, -0.15) is 0 Å². The zero-order chi connectivity index (χ0) is 11.1. The third-order valence-electron chi connectivity index (χ3n) is 3.14. The summed E-state index contributed by atoms with van der Waals surface area (Å²) in [5.74, 6) is -0.462. The maximum atomic E-state index is 11.7. The quantitative estimate of drug-likeness (QED) is 0.706. The van der Waals surface area contributed by atoms with Crippen LogP contribution >= 0.6 is 0 Å². The molecule has 0 unspecified atom stereocenters. The molecule has 0 radical (unpaired) electrons. The number of Topliss-reactive ketones (excluding diaryl/α,β-unsaturated/α-hetero) is 1. The molecule has 3 heteroatoms. The molecule has 0 heterocycles. The minimum atomic E-state index is -1.48. The highest BCUT2D eigenvalue weighted by Gasteiger charge is 2.45. The number of benzene rings is 1. The molecule has 1 aliphatic carbocycles. The summed E-state index contributed by atoms with van der Waals surface area (Å²) in [6, 6.07) is 7.43. The molecule has 15 heavy (non-hydrogen) atoms. The molecule has 0 amide bonds. The van der Waals surface area contributed by atoms with Gasteiger partial charge in [-0.25, -0.2) is 0 Å². The van der Waals surface area contributed by atoms with Gasteiger partial charge in [0.1, 0.15) is 11.5 Å². The predicted molar refractivity (Wildman–Crippen MR) is 57.0 cm³/mol. The molecule has 0 bridgehead atoms. The fourth-order valence-corrected chi connectivity index (χ4v) is 2.26. The van der Waals surface area contributed by atoms with Crippen LogP contribution < -0.4 is 5.73 Å². The van der Waals surface area contributed by atoms with Crippen molar-refractivity contribution in [2.45, 2.75) is 25.5 Å². The van der Waals surface area contributed by atoms with Gasteiger partial charge < -0.3 is 5.11 Å². The van der Waals surface area contributed by atoms with Crippen molar-refractivity contribution in [2.24, 2.45) is 11.7 Å². The average molecular weight is 205 g/mol. The highest BCUT2D eigenvalue weighted by atomic mass is 16.3. The lowest BCUT2D eigenvalue weighted by Crippen LogP contribution is -2.44. The molecule has 3 N–H and O–H groups in total. The molecule has 2 atom stereocenters. The second-order valence-electron chi connectivity index (χ2n) is 4.06. The van der Waals surface area contributed by atoms with Crippen LogP contribution in [0.25, 0.3) is 0 Å². The van der Waals surface area contributed by atoms with E-state index in [0.717, 1.165) is 5.56 Å². The maximum absolute atomic E-state index is 11.7. The number of carbonyl (C=O) groups is 1. The lowest BCUT2D eigenvalue weighted by Gasteiger charge is -2.25. The summed E-state index contributed by atoms with van der Waals surface area (Å²) >= 11 is 0. The topological polar surface area (TPSA) is 63.3 Å². The molecule has 1 aromatic carbocycles. The smallest absolute Gasteiger partial charge is 0.150 e. The van der Waals surface area contributed by atoms with Crippen LogP contribution in [0.1, 0.15) is 24.5 Å². The van der Waals surface area contributed by atoms with Crippen molar-refractivity contribution in [3.8, 4) is 0 Å². The summed E-state index contributed by atoms with van der Waals surface area (Å²) < 4.78 is 0. The van der Waals surface area contributed by atoms with E-state index in [9.17, 15) is 9.90 Å². The van der Waals surface area contributed by atoms with Gasteiger partial charge in [0.2, 0.25) is 0 Å². The van der Waals surface area contributed by atoms with Gasteiger partial charge in [0, 0.05) is 12.0 Å². The minimum absolute atomic E-state index is 0.0243. The molecule has 0 spiro atoms. The van der Waals surface area contributed by atoms with Gasteiger partial charge >= 0.3 is 0 Å². The van der Waals surface area contributed by atoms with E-state index < -0.39 is 11.6 Å². The molecule has 0 saturated heterocycles. The van der Waals surface area contributed by atoms with Crippen molar-refractivity contribution in [1.29, 1.82) is 0 Å². The molecular formula is C12H15NO2. The maximum Gasteiger partial charge on any atom is 0.150 e. The van der Waals surface area contributed by atoms with E-state index in [1.54, 1.807) is 13.0 Å². The van der Waals surface area contributed by atoms with Crippen LogP contribution in [-0.2, 0) is 16.9 Å². The van der Waals surface area contributed by atoms with Gasteiger partial charge in [-0.05, 0) is 12.0 Å². The predicted octanol–water partition coefficient (Wildman–Crippen LogP) is 0.942. The fourth-order valence-electron chi connectivity index (χ4n) is 2.26. The Morgan fingerprint density at radius 3 is 2.87 bits per heavy atom. The zero-order valence-electron chi connectivity index (χ0n) is 8.73. The molecule has 80 valence electrons. The molecule has 3 nitrogen and oxygen atoms in total. The Hall–Kier alpha value is -1.19. The molecule has 0 saturated carbocycles. The van der Waals surface area contributed by atoms with E-state index in [2.05, 4.69) is 0 Å². The Morgan fingerprint density at radius 1 is 1.60 bits per heavy atom. The van der Waals surface area contributed by atoms with Crippen LogP contribution in [0.5, 0.6) is 0 Å². The minimum Gasteiger partial charge on any atom is -0.371 e. The molecule has 0 aromatic heterocycles. The summed E-state index contributed by atoms with van der Waals surface area (Å²) in [4.78, 5) is 11.7. The van der Waals surface area contributed by atoms with E-state index in [1.165, 1.54) is 0 Å². The fraction of sp³-hybridized carbons (Fsp3) is 0.417. The van der Waals surface area contributed by atoms with E-state index in [4.69, 9.17) is 5.73 Å². The second kappa shape index (κ2) is 3.43. The number of carbonyl (C=O) groups excluding carboxylic acids is 1. The Labute approximate surface area is 88.9 Å². The number of ketones is 1. The summed E-state index contributed by atoms with van der Waals surface area (Å²) in [5, 5.41) is 10.2. The van der Waals surface area contributed by atoms with Gasteiger partial charge in [0.15, 0.2) is 0 Å². The summed E-state index contributed by atoms with van der Waals surface area (Å²) in [5.41, 5.74) is 6.03. The van der Waals surface area contributed by atoms with Crippen LogP contribution in [0.4, 0.5) is 0 Å². The van der Waals surface area contributed by atoms with Gasteiger partial charge in [0.25, 0.3) is 0 Å². The van der Waals surface area contributed by atoms with Crippen molar-refractivity contribution in [3.63, 3.8) is 0 Å². The van der Waals surface area contributed by atoms with Crippen LogP contribution in [0.2, 0.25) is 0 Å². The third kappa shape index (κ3) is 1.48. The Balaban J connectivity index is 2.42. The van der Waals surface area contributed by atoms with Crippen molar-refractivity contribution < 1.29 is 9.90 Å². The SMILES string of the molecule is CCC(=O)[C@H]1Cc2ccccc2[C@]1(N)O.